The molecule has 7 nitrogen and oxygen atoms in total. The summed E-state index contributed by atoms with van der Waals surface area (Å²) in [5.41, 5.74) is 0.161. The van der Waals surface area contributed by atoms with E-state index in [0.29, 0.717) is 62.0 Å². The fourth-order valence-corrected chi connectivity index (χ4v) is 5.73. The molecule has 1 unspecified atom stereocenters. The summed E-state index contributed by atoms with van der Waals surface area (Å²) in [4.78, 5) is 29.9. The van der Waals surface area contributed by atoms with Gasteiger partial charge in [0.15, 0.2) is 0 Å². The van der Waals surface area contributed by atoms with Gasteiger partial charge in [0.1, 0.15) is 11.4 Å². The van der Waals surface area contributed by atoms with Crippen molar-refractivity contribution in [3.8, 4) is 5.75 Å². The van der Waals surface area contributed by atoms with Gasteiger partial charge in [0, 0.05) is 32.6 Å². The van der Waals surface area contributed by atoms with E-state index >= 15 is 0 Å². The molecule has 2 aromatic rings. The van der Waals surface area contributed by atoms with Crippen LogP contribution in [0.4, 0.5) is 4.79 Å². The lowest BCUT2D eigenvalue weighted by Gasteiger charge is -2.43. The SMILES string of the molecule is CC(C)(C)OC(=O)N1CCN(C(=O)C(c2ccc(OCCc3ccccc3)c(Cl)c2)C2(O)CCCCC2)CC1. The summed E-state index contributed by atoms with van der Waals surface area (Å²) < 4.78 is 11.4. The molecule has 4 rings (SSSR count). The minimum atomic E-state index is -1.14. The predicted octanol–water partition coefficient (Wildman–Crippen LogP) is 5.82. The van der Waals surface area contributed by atoms with Gasteiger partial charge in [-0.1, -0.05) is 67.3 Å². The second kappa shape index (κ2) is 12.6. The monoisotopic (exact) mass is 556 g/mol. The van der Waals surface area contributed by atoms with Gasteiger partial charge in [-0.05, 0) is 56.9 Å². The van der Waals surface area contributed by atoms with Crippen molar-refractivity contribution in [1.82, 2.24) is 9.80 Å². The average Bonchev–Trinajstić information content (AvgIpc) is 2.90. The fourth-order valence-electron chi connectivity index (χ4n) is 5.49. The van der Waals surface area contributed by atoms with Crippen LogP contribution in [-0.2, 0) is 16.0 Å². The van der Waals surface area contributed by atoms with E-state index in [1.807, 2.05) is 45.0 Å². The number of piperazine rings is 1. The maximum Gasteiger partial charge on any atom is 0.410 e. The molecule has 39 heavy (non-hydrogen) atoms. The number of hydrogen-bond donors (Lipinski definition) is 1. The Hall–Kier alpha value is -2.77. The second-order valence-corrected chi connectivity index (χ2v) is 12.1. The van der Waals surface area contributed by atoms with Gasteiger partial charge in [-0.3, -0.25) is 4.79 Å². The predicted molar refractivity (Wildman–Crippen MR) is 152 cm³/mol. The van der Waals surface area contributed by atoms with Gasteiger partial charge in [-0.2, -0.15) is 0 Å². The first-order valence-electron chi connectivity index (χ1n) is 14.0. The summed E-state index contributed by atoms with van der Waals surface area (Å²) >= 11 is 6.65. The minimum Gasteiger partial charge on any atom is -0.492 e. The molecule has 1 aliphatic heterocycles. The molecule has 8 heteroatoms. The molecule has 1 N–H and O–H groups in total. The summed E-state index contributed by atoms with van der Waals surface area (Å²) in [5.74, 6) is -0.303. The number of amides is 2. The lowest BCUT2D eigenvalue weighted by atomic mass is 9.72. The number of carbonyl (C=O) groups is 2. The Balaban J connectivity index is 1.47. The largest absolute Gasteiger partial charge is 0.492 e. The smallest absolute Gasteiger partial charge is 0.410 e. The van der Waals surface area contributed by atoms with Crippen molar-refractivity contribution in [3.63, 3.8) is 0 Å². The summed E-state index contributed by atoms with van der Waals surface area (Å²) in [6.07, 6.45) is 4.32. The van der Waals surface area contributed by atoms with E-state index in [9.17, 15) is 14.7 Å². The molecule has 212 valence electrons. The van der Waals surface area contributed by atoms with Gasteiger partial charge in [0.05, 0.1) is 23.1 Å². The van der Waals surface area contributed by atoms with Crippen molar-refractivity contribution in [2.75, 3.05) is 32.8 Å². The van der Waals surface area contributed by atoms with Crippen LogP contribution in [0.5, 0.6) is 5.75 Å². The molecule has 0 aromatic heterocycles. The van der Waals surface area contributed by atoms with E-state index < -0.39 is 17.1 Å². The van der Waals surface area contributed by atoms with Crippen LogP contribution in [0, 0.1) is 0 Å². The highest BCUT2D eigenvalue weighted by molar-refractivity contribution is 6.32. The fraction of sp³-hybridized carbons (Fsp3) is 0.548. The molecule has 1 atom stereocenters. The van der Waals surface area contributed by atoms with Crippen LogP contribution >= 0.6 is 11.6 Å². The third-order valence-electron chi connectivity index (χ3n) is 7.53. The molecule has 2 fully saturated rings. The molecular formula is C31H41ClN2O5. The van der Waals surface area contributed by atoms with Crippen LogP contribution in [0.2, 0.25) is 5.02 Å². The van der Waals surface area contributed by atoms with Crippen LogP contribution in [0.15, 0.2) is 48.5 Å². The Kier molecular flexibility index (Phi) is 9.44. The number of hydrogen-bond acceptors (Lipinski definition) is 5. The lowest BCUT2D eigenvalue weighted by Crippen LogP contribution is -2.55. The number of aliphatic hydroxyl groups is 1. The van der Waals surface area contributed by atoms with E-state index in [1.165, 1.54) is 5.56 Å². The number of rotatable bonds is 7. The van der Waals surface area contributed by atoms with E-state index in [0.717, 1.165) is 25.7 Å². The van der Waals surface area contributed by atoms with Gasteiger partial charge in [0.2, 0.25) is 5.91 Å². The zero-order valence-corrected chi connectivity index (χ0v) is 24.1. The maximum absolute atomic E-state index is 14.0. The maximum atomic E-state index is 14.0. The Morgan fingerprint density at radius 3 is 2.23 bits per heavy atom. The standard InChI is InChI=1S/C31H41ClN2O5/c1-30(2,3)39-29(36)34-19-17-33(18-20-34)28(35)27(31(37)15-8-5-9-16-31)24-12-13-26(25(32)22-24)38-21-14-23-10-6-4-7-11-23/h4,6-7,10-13,22,27,37H,5,8-9,14-21H2,1-3H3. The average molecular weight is 557 g/mol. The molecule has 1 aliphatic carbocycles. The first kappa shape index (κ1) is 29.2. The first-order chi connectivity index (χ1) is 18.6. The highest BCUT2D eigenvalue weighted by Gasteiger charge is 2.45. The normalized spacial score (nSPS) is 18.4. The number of carbonyl (C=O) groups excluding carboxylic acids is 2. The second-order valence-electron chi connectivity index (χ2n) is 11.7. The van der Waals surface area contributed by atoms with Crippen molar-refractivity contribution >= 4 is 23.6 Å². The molecular weight excluding hydrogens is 516 g/mol. The Morgan fingerprint density at radius 1 is 0.974 bits per heavy atom. The van der Waals surface area contributed by atoms with Crippen molar-refractivity contribution in [1.29, 1.82) is 0 Å². The van der Waals surface area contributed by atoms with E-state index in [4.69, 9.17) is 21.1 Å². The Bertz CT molecular complexity index is 1120. The molecule has 2 amide bonds. The topological polar surface area (TPSA) is 79.3 Å². The Morgan fingerprint density at radius 2 is 1.62 bits per heavy atom. The van der Waals surface area contributed by atoms with E-state index in [-0.39, 0.29) is 12.0 Å². The summed E-state index contributed by atoms with van der Waals surface area (Å²) in [5, 5.41) is 12.2. The molecule has 0 spiro atoms. The first-order valence-corrected chi connectivity index (χ1v) is 14.4. The van der Waals surface area contributed by atoms with Gasteiger partial charge in [-0.25, -0.2) is 4.79 Å². The molecule has 1 saturated heterocycles. The third kappa shape index (κ3) is 7.67. The van der Waals surface area contributed by atoms with Crippen molar-refractivity contribution < 1.29 is 24.2 Å². The lowest BCUT2D eigenvalue weighted by molar-refractivity contribution is -0.143. The summed E-state index contributed by atoms with van der Waals surface area (Å²) in [6.45, 7) is 7.55. The zero-order valence-electron chi connectivity index (χ0n) is 23.3. The summed E-state index contributed by atoms with van der Waals surface area (Å²) in [6, 6.07) is 15.5. The zero-order chi connectivity index (χ0) is 28.0. The van der Waals surface area contributed by atoms with Crippen molar-refractivity contribution in [2.24, 2.45) is 0 Å². The van der Waals surface area contributed by atoms with Gasteiger partial charge < -0.3 is 24.4 Å². The third-order valence-corrected chi connectivity index (χ3v) is 7.82. The highest BCUT2D eigenvalue weighted by atomic mass is 35.5. The molecule has 2 aromatic carbocycles. The van der Waals surface area contributed by atoms with Gasteiger partial charge >= 0.3 is 6.09 Å². The molecule has 1 saturated carbocycles. The van der Waals surface area contributed by atoms with E-state index in [2.05, 4.69) is 12.1 Å². The van der Waals surface area contributed by atoms with Crippen LogP contribution in [-0.4, -0.2) is 70.9 Å². The van der Waals surface area contributed by atoms with Crippen LogP contribution in [0.25, 0.3) is 0 Å². The summed E-state index contributed by atoms with van der Waals surface area (Å²) in [7, 11) is 0. The number of ether oxygens (including phenoxy) is 2. The van der Waals surface area contributed by atoms with Crippen molar-refractivity contribution in [2.45, 2.75) is 76.4 Å². The van der Waals surface area contributed by atoms with E-state index in [1.54, 1.807) is 21.9 Å². The minimum absolute atomic E-state index is 0.128. The van der Waals surface area contributed by atoms with Crippen LogP contribution in [0.3, 0.4) is 0 Å². The number of halogens is 1. The highest BCUT2D eigenvalue weighted by Crippen LogP contribution is 2.43. The van der Waals surface area contributed by atoms with Gasteiger partial charge in [0.25, 0.3) is 0 Å². The molecule has 1 heterocycles. The van der Waals surface area contributed by atoms with Crippen LogP contribution in [0.1, 0.15) is 69.9 Å². The number of nitrogens with zero attached hydrogens (tertiary/aromatic N) is 2. The molecule has 0 radical (unpaired) electrons. The molecule has 2 aliphatic rings. The molecule has 0 bridgehead atoms. The quantitative estimate of drug-likeness (QED) is 0.465. The van der Waals surface area contributed by atoms with Crippen LogP contribution < -0.4 is 4.74 Å². The Labute approximate surface area is 237 Å². The number of benzene rings is 2. The van der Waals surface area contributed by atoms with Gasteiger partial charge in [-0.15, -0.1) is 0 Å². The van der Waals surface area contributed by atoms with Crippen molar-refractivity contribution in [3.05, 3.63) is 64.7 Å².